The summed E-state index contributed by atoms with van der Waals surface area (Å²) in [4.78, 5) is 29.6. The number of Topliss-reactive ketones (excluding diaryl/α,β-unsaturated/α-hetero) is 1. The van der Waals surface area contributed by atoms with Crippen LogP contribution < -0.4 is 10.9 Å². The zero-order chi connectivity index (χ0) is 24.7. The second-order valence-corrected chi connectivity index (χ2v) is 8.73. The van der Waals surface area contributed by atoms with Crippen molar-refractivity contribution in [2.45, 2.75) is 20.8 Å². The number of pyridine rings is 2. The lowest BCUT2D eigenvalue weighted by Crippen LogP contribution is -2.19. The summed E-state index contributed by atoms with van der Waals surface area (Å²) in [6.45, 7) is 5.45. The fourth-order valence-corrected chi connectivity index (χ4v) is 4.34. The molecule has 0 fully saturated rings. The number of anilines is 2. The van der Waals surface area contributed by atoms with Crippen LogP contribution in [0.2, 0.25) is 0 Å². The van der Waals surface area contributed by atoms with Crippen LogP contribution >= 0.6 is 0 Å². The van der Waals surface area contributed by atoms with Gasteiger partial charge in [0, 0.05) is 52.8 Å². The van der Waals surface area contributed by atoms with Gasteiger partial charge in [-0.3, -0.25) is 19.7 Å². The molecule has 0 radical (unpaired) electrons. The summed E-state index contributed by atoms with van der Waals surface area (Å²) in [5.74, 6) is 0.606. The second kappa shape index (κ2) is 8.68. The van der Waals surface area contributed by atoms with E-state index in [4.69, 9.17) is 0 Å². The second-order valence-electron chi connectivity index (χ2n) is 8.73. The lowest BCUT2D eigenvalue weighted by molar-refractivity contribution is 0.101. The van der Waals surface area contributed by atoms with Gasteiger partial charge in [0.15, 0.2) is 11.6 Å². The van der Waals surface area contributed by atoms with Crippen LogP contribution in [0.15, 0.2) is 71.7 Å². The van der Waals surface area contributed by atoms with Gasteiger partial charge in [-0.2, -0.15) is 5.10 Å². The molecule has 3 heterocycles. The Morgan fingerprint density at radius 1 is 0.971 bits per heavy atom. The van der Waals surface area contributed by atoms with Gasteiger partial charge in [-0.15, -0.1) is 0 Å². The monoisotopic (exact) mass is 463 g/mol. The first kappa shape index (κ1) is 22.3. The number of ketones is 1. The van der Waals surface area contributed by atoms with Gasteiger partial charge in [0.1, 0.15) is 0 Å². The van der Waals surface area contributed by atoms with E-state index < -0.39 is 0 Å². The van der Waals surface area contributed by atoms with Gasteiger partial charge in [-0.25, -0.2) is 0 Å². The van der Waals surface area contributed by atoms with Gasteiger partial charge in [0.05, 0.1) is 11.2 Å². The molecule has 2 aromatic carbocycles. The fourth-order valence-electron chi connectivity index (χ4n) is 4.34. The van der Waals surface area contributed by atoms with E-state index in [0.29, 0.717) is 16.9 Å². The smallest absolute Gasteiger partial charge is 0.258 e. The van der Waals surface area contributed by atoms with E-state index in [-0.39, 0.29) is 11.3 Å². The van der Waals surface area contributed by atoms with E-state index >= 15 is 0 Å². The van der Waals surface area contributed by atoms with Crippen LogP contribution in [0.5, 0.6) is 0 Å². The topological polar surface area (TPSA) is 92.7 Å². The largest absolute Gasteiger partial charge is 0.339 e. The summed E-state index contributed by atoms with van der Waals surface area (Å²) in [5, 5.41) is 11.6. The molecule has 0 amide bonds. The highest BCUT2D eigenvalue weighted by Crippen LogP contribution is 2.29. The van der Waals surface area contributed by atoms with Gasteiger partial charge in [0.2, 0.25) is 0 Å². The number of fused-ring (bicyclic) bond motifs is 1. The highest BCUT2D eigenvalue weighted by Gasteiger charge is 2.14. The summed E-state index contributed by atoms with van der Waals surface area (Å²) in [6, 6.07) is 19.0. The minimum Gasteiger partial charge on any atom is -0.339 e. The molecule has 7 heteroatoms. The maximum atomic E-state index is 13.2. The standard InChI is InChI=1S/C28H25N5O2/c1-16-9-10-20(30-27-14-25(31-32-27)22-8-6-5-7-21(22)18(3)34)13-23(16)24-12-19-15-29-17(2)11-26(19)33(4)28(24)35/h5-15H,1-4H3,(H2,30,31,32). The average molecular weight is 464 g/mol. The van der Waals surface area contributed by atoms with Crippen molar-refractivity contribution in [3.8, 4) is 22.4 Å². The Balaban J connectivity index is 1.51. The number of aromatic nitrogens is 4. The lowest BCUT2D eigenvalue weighted by atomic mass is 9.99. The summed E-state index contributed by atoms with van der Waals surface area (Å²) in [5.41, 5.74) is 7.09. The number of hydrogen-bond donors (Lipinski definition) is 2. The molecule has 0 spiro atoms. The third-order valence-corrected chi connectivity index (χ3v) is 6.22. The van der Waals surface area contributed by atoms with E-state index in [0.717, 1.165) is 44.7 Å². The number of carbonyl (C=O) groups excluding carboxylic acids is 1. The minimum atomic E-state index is -0.0637. The van der Waals surface area contributed by atoms with Crippen LogP contribution in [0.3, 0.4) is 0 Å². The minimum absolute atomic E-state index is 0.00443. The number of carbonyl (C=O) groups is 1. The van der Waals surface area contributed by atoms with Gasteiger partial charge in [-0.1, -0.05) is 30.3 Å². The highest BCUT2D eigenvalue weighted by atomic mass is 16.1. The Bertz CT molecular complexity index is 1660. The van der Waals surface area contributed by atoms with Crippen molar-refractivity contribution in [2.75, 3.05) is 5.32 Å². The zero-order valence-electron chi connectivity index (χ0n) is 20.0. The molecule has 0 aliphatic carbocycles. The molecule has 5 rings (SSSR count). The van der Waals surface area contributed by atoms with Crippen molar-refractivity contribution in [2.24, 2.45) is 7.05 Å². The fraction of sp³-hybridized carbons (Fsp3) is 0.143. The summed E-state index contributed by atoms with van der Waals surface area (Å²) < 4.78 is 1.67. The number of aryl methyl sites for hydroxylation is 3. The van der Waals surface area contributed by atoms with Gasteiger partial charge in [-0.05, 0) is 56.2 Å². The van der Waals surface area contributed by atoms with Gasteiger partial charge >= 0.3 is 0 Å². The third-order valence-electron chi connectivity index (χ3n) is 6.22. The number of nitrogens with one attached hydrogen (secondary N) is 2. The summed E-state index contributed by atoms with van der Waals surface area (Å²) in [6.07, 6.45) is 1.80. The van der Waals surface area contributed by atoms with E-state index in [1.165, 1.54) is 0 Å². The molecule has 7 nitrogen and oxygen atoms in total. The van der Waals surface area contributed by atoms with Crippen LogP contribution in [0.4, 0.5) is 11.5 Å². The molecule has 0 atom stereocenters. The maximum Gasteiger partial charge on any atom is 0.258 e. The van der Waals surface area contributed by atoms with E-state index in [1.54, 1.807) is 30.8 Å². The number of nitrogens with zero attached hydrogens (tertiary/aromatic N) is 3. The molecule has 0 bridgehead atoms. The van der Waals surface area contributed by atoms with Gasteiger partial charge < -0.3 is 9.88 Å². The number of H-pyrrole nitrogens is 1. The predicted octanol–water partition coefficient (Wildman–Crippen LogP) is 5.55. The molecule has 0 unspecified atom stereocenters. The lowest BCUT2D eigenvalue weighted by Gasteiger charge is -2.13. The first-order valence-electron chi connectivity index (χ1n) is 11.3. The van der Waals surface area contributed by atoms with Gasteiger partial charge in [0.25, 0.3) is 5.56 Å². The van der Waals surface area contributed by atoms with Crippen molar-refractivity contribution in [1.82, 2.24) is 19.7 Å². The Morgan fingerprint density at radius 3 is 2.57 bits per heavy atom. The molecule has 0 aliphatic rings. The van der Waals surface area contributed by atoms with Crippen LogP contribution in [-0.2, 0) is 7.05 Å². The molecule has 0 saturated carbocycles. The molecule has 5 aromatic rings. The first-order chi connectivity index (χ1) is 16.8. The molecule has 2 N–H and O–H groups in total. The Morgan fingerprint density at radius 2 is 1.77 bits per heavy atom. The number of benzene rings is 2. The van der Waals surface area contributed by atoms with Crippen molar-refractivity contribution in [1.29, 1.82) is 0 Å². The number of rotatable bonds is 5. The van der Waals surface area contributed by atoms with Crippen LogP contribution in [0, 0.1) is 13.8 Å². The van der Waals surface area contributed by atoms with E-state index in [1.807, 2.05) is 68.4 Å². The van der Waals surface area contributed by atoms with Crippen LogP contribution in [0.1, 0.15) is 28.5 Å². The zero-order valence-corrected chi connectivity index (χ0v) is 20.0. The highest BCUT2D eigenvalue weighted by molar-refractivity contribution is 6.00. The number of hydrogen-bond acceptors (Lipinski definition) is 5. The Kier molecular flexibility index (Phi) is 5.53. The molecule has 3 aromatic heterocycles. The Hall–Kier alpha value is -4.52. The average Bonchev–Trinajstić information content (AvgIpc) is 3.31. The molecule has 35 heavy (non-hydrogen) atoms. The maximum absolute atomic E-state index is 13.2. The quantitative estimate of drug-likeness (QED) is 0.333. The van der Waals surface area contributed by atoms with Crippen molar-refractivity contribution in [3.63, 3.8) is 0 Å². The molecular weight excluding hydrogens is 438 g/mol. The van der Waals surface area contributed by atoms with Crippen molar-refractivity contribution >= 4 is 28.2 Å². The van der Waals surface area contributed by atoms with Crippen molar-refractivity contribution in [3.05, 3.63) is 94.0 Å². The molecule has 0 aliphatic heterocycles. The third kappa shape index (κ3) is 4.12. The predicted molar refractivity (Wildman–Crippen MR) is 139 cm³/mol. The SMILES string of the molecule is CC(=O)c1ccccc1-c1cc(Nc2ccc(C)c(-c3cc4cnc(C)cc4n(C)c3=O)c2)n[nH]1. The Labute approximate surface area is 202 Å². The molecule has 0 saturated heterocycles. The summed E-state index contributed by atoms with van der Waals surface area (Å²) in [7, 11) is 1.79. The van der Waals surface area contributed by atoms with E-state index in [9.17, 15) is 9.59 Å². The van der Waals surface area contributed by atoms with Crippen LogP contribution in [-0.4, -0.2) is 25.5 Å². The molecule has 174 valence electrons. The summed E-state index contributed by atoms with van der Waals surface area (Å²) >= 11 is 0. The van der Waals surface area contributed by atoms with E-state index in [2.05, 4.69) is 20.5 Å². The van der Waals surface area contributed by atoms with Crippen LogP contribution in [0.25, 0.3) is 33.3 Å². The number of aromatic amines is 1. The first-order valence-corrected chi connectivity index (χ1v) is 11.3. The normalized spacial score (nSPS) is 11.1. The molecular formula is C28H25N5O2. The van der Waals surface area contributed by atoms with Crippen molar-refractivity contribution < 1.29 is 4.79 Å².